The maximum absolute atomic E-state index is 11.5. The molecule has 0 amide bonds. The molecule has 0 bridgehead atoms. The van der Waals surface area contributed by atoms with Crippen molar-refractivity contribution < 1.29 is 4.79 Å². The van der Waals surface area contributed by atoms with Crippen molar-refractivity contribution in [3.05, 3.63) is 54.1 Å². The van der Waals surface area contributed by atoms with E-state index >= 15 is 0 Å². The van der Waals surface area contributed by atoms with Crippen molar-refractivity contribution in [2.45, 2.75) is 6.92 Å². The number of benzene rings is 1. The van der Waals surface area contributed by atoms with Crippen molar-refractivity contribution >= 4 is 11.9 Å². The molecule has 0 aliphatic heterocycles. The smallest absolute Gasteiger partial charge is 0.186 e. The minimum absolute atomic E-state index is 0.0259. The van der Waals surface area contributed by atoms with E-state index in [9.17, 15) is 4.79 Å². The molecule has 1 heteroatoms. The largest absolute Gasteiger partial charge is 0.289 e. The van der Waals surface area contributed by atoms with Crippen molar-refractivity contribution in [2.24, 2.45) is 0 Å². The van der Waals surface area contributed by atoms with Gasteiger partial charge in [-0.25, -0.2) is 0 Å². The molecule has 66 valence electrons. The minimum atomic E-state index is 0.0259. The topological polar surface area (TPSA) is 17.1 Å². The molecule has 0 unspecified atom stereocenters. The van der Waals surface area contributed by atoms with Crippen LogP contribution in [0.4, 0.5) is 0 Å². The van der Waals surface area contributed by atoms with Gasteiger partial charge in [0.25, 0.3) is 0 Å². The van der Waals surface area contributed by atoms with Crippen molar-refractivity contribution in [3.63, 3.8) is 0 Å². The fourth-order valence-electron chi connectivity index (χ4n) is 1.14. The van der Waals surface area contributed by atoms with Crippen LogP contribution in [-0.4, -0.2) is 5.78 Å². The molecule has 0 heterocycles. The summed E-state index contributed by atoms with van der Waals surface area (Å²) in [6, 6.07) is 7.43. The minimum Gasteiger partial charge on any atom is -0.289 e. The first-order chi connectivity index (χ1) is 6.29. The third-order valence-electron chi connectivity index (χ3n) is 1.76. The van der Waals surface area contributed by atoms with Crippen molar-refractivity contribution in [1.29, 1.82) is 0 Å². The molecule has 0 spiro atoms. The molecule has 1 rings (SSSR count). The second kappa shape index (κ2) is 4.41. The highest BCUT2D eigenvalue weighted by Gasteiger charge is 2.03. The second-order valence-electron chi connectivity index (χ2n) is 2.66. The Morgan fingerprint density at radius 1 is 1.38 bits per heavy atom. The Morgan fingerprint density at radius 2 is 2.08 bits per heavy atom. The van der Waals surface area contributed by atoms with Crippen LogP contribution in [-0.2, 0) is 0 Å². The second-order valence-corrected chi connectivity index (χ2v) is 2.66. The van der Waals surface area contributed by atoms with E-state index in [0.717, 1.165) is 5.56 Å². The van der Waals surface area contributed by atoms with Crippen LogP contribution in [0.1, 0.15) is 22.8 Å². The van der Waals surface area contributed by atoms with E-state index in [2.05, 4.69) is 6.58 Å². The Bertz CT molecular complexity index is 348. The lowest BCUT2D eigenvalue weighted by atomic mass is 10.0. The van der Waals surface area contributed by atoms with Crippen LogP contribution in [0.2, 0.25) is 0 Å². The van der Waals surface area contributed by atoms with Crippen LogP contribution in [0.25, 0.3) is 6.08 Å². The Balaban J connectivity index is 3.12. The summed E-state index contributed by atoms with van der Waals surface area (Å²) >= 11 is 0. The highest BCUT2D eigenvalue weighted by atomic mass is 16.1. The van der Waals surface area contributed by atoms with Gasteiger partial charge in [0, 0.05) is 5.56 Å². The van der Waals surface area contributed by atoms with Crippen LogP contribution >= 0.6 is 0 Å². The first-order valence-corrected chi connectivity index (χ1v) is 4.18. The Morgan fingerprint density at radius 3 is 2.69 bits per heavy atom. The monoisotopic (exact) mass is 172 g/mol. The van der Waals surface area contributed by atoms with Crippen molar-refractivity contribution in [2.75, 3.05) is 0 Å². The number of hydrogen-bond acceptors (Lipinski definition) is 1. The first-order valence-electron chi connectivity index (χ1n) is 4.18. The van der Waals surface area contributed by atoms with Gasteiger partial charge in [-0.2, -0.15) is 0 Å². The van der Waals surface area contributed by atoms with Gasteiger partial charge in [-0.3, -0.25) is 4.79 Å². The fourth-order valence-corrected chi connectivity index (χ4v) is 1.14. The molecular weight excluding hydrogens is 160 g/mol. The molecule has 0 aliphatic carbocycles. The van der Waals surface area contributed by atoms with E-state index in [1.54, 1.807) is 24.3 Å². The molecule has 1 aromatic carbocycles. The van der Waals surface area contributed by atoms with E-state index in [1.165, 1.54) is 0 Å². The molecule has 0 N–H and O–H groups in total. The van der Waals surface area contributed by atoms with E-state index in [0.29, 0.717) is 5.56 Å². The lowest BCUT2D eigenvalue weighted by Gasteiger charge is -2.00. The number of carbonyl (C=O) groups is 1. The van der Waals surface area contributed by atoms with E-state index in [4.69, 9.17) is 0 Å². The summed E-state index contributed by atoms with van der Waals surface area (Å²) < 4.78 is 0. The number of allylic oxidation sites excluding steroid dienone is 2. The normalized spacial score (nSPS) is 10.2. The molecule has 1 nitrogen and oxygen atoms in total. The van der Waals surface area contributed by atoms with Gasteiger partial charge in [0.05, 0.1) is 0 Å². The van der Waals surface area contributed by atoms with Gasteiger partial charge in [-0.1, -0.05) is 43.0 Å². The zero-order valence-electron chi connectivity index (χ0n) is 7.66. The first kappa shape index (κ1) is 9.46. The number of rotatable bonds is 3. The molecule has 0 aliphatic rings. The Labute approximate surface area is 78.4 Å². The van der Waals surface area contributed by atoms with Crippen LogP contribution in [0, 0.1) is 0 Å². The number of carbonyl (C=O) groups excluding carboxylic acids is 1. The standard InChI is InChI=1S/C12H12O/c1-3-7-12(13)11-9-6-5-8-10(11)4-2/h3-9H,2H2,1H3/b7-3+. The maximum atomic E-state index is 11.5. The quantitative estimate of drug-likeness (QED) is 0.505. The van der Waals surface area contributed by atoms with Crippen LogP contribution in [0.5, 0.6) is 0 Å². The predicted octanol–water partition coefficient (Wildman–Crippen LogP) is 3.09. The summed E-state index contributed by atoms with van der Waals surface area (Å²) in [5, 5.41) is 0. The van der Waals surface area contributed by atoms with Crippen LogP contribution in [0.3, 0.4) is 0 Å². The molecule has 13 heavy (non-hydrogen) atoms. The van der Waals surface area contributed by atoms with Gasteiger partial charge in [-0.05, 0) is 18.6 Å². The van der Waals surface area contributed by atoms with E-state index in [-0.39, 0.29) is 5.78 Å². The highest BCUT2D eigenvalue weighted by molar-refractivity contribution is 6.06. The molecule has 0 radical (unpaired) electrons. The molecule has 0 atom stereocenters. The zero-order valence-corrected chi connectivity index (χ0v) is 7.66. The SMILES string of the molecule is C=Cc1ccccc1C(=O)/C=C/C. The molecular formula is C12H12O. The summed E-state index contributed by atoms with van der Waals surface area (Å²) in [5.41, 5.74) is 1.58. The van der Waals surface area contributed by atoms with Gasteiger partial charge in [-0.15, -0.1) is 0 Å². The van der Waals surface area contributed by atoms with Gasteiger partial charge >= 0.3 is 0 Å². The zero-order chi connectivity index (χ0) is 9.68. The Hall–Kier alpha value is -1.63. The number of hydrogen-bond donors (Lipinski definition) is 0. The third-order valence-corrected chi connectivity index (χ3v) is 1.76. The summed E-state index contributed by atoms with van der Waals surface area (Å²) in [4.78, 5) is 11.5. The van der Waals surface area contributed by atoms with E-state index < -0.39 is 0 Å². The van der Waals surface area contributed by atoms with Crippen LogP contribution < -0.4 is 0 Å². The molecule has 0 saturated heterocycles. The van der Waals surface area contributed by atoms with Gasteiger partial charge in [0.2, 0.25) is 0 Å². The summed E-state index contributed by atoms with van der Waals surface area (Å²) in [6.45, 7) is 5.49. The van der Waals surface area contributed by atoms with Crippen molar-refractivity contribution in [3.8, 4) is 0 Å². The maximum Gasteiger partial charge on any atom is 0.186 e. The summed E-state index contributed by atoms with van der Waals surface area (Å²) in [7, 11) is 0. The summed E-state index contributed by atoms with van der Waals surface area (Å²) in [6.07, 6.45) is 4.99. The van der Waals surface area contributed by atoms with Gasteiger partial charge in [0.15, 0.2) is 5.78 Å². The van der Waals surface area contributed by atoms with Gasteiger partial charge < -0.3 is 0 Å². The summed E-state index contributed by atoms with van der Waals surface area (Å²) in [5.74, 6) is 0.0259. The third kappa shape index (κ3) is 2.15. The van der Waals surface area contributed by atoms with E-state index in [1.807, 2.05) is 25.1 Å². The molecule has 0 saturated carbocycles. The predicted molar refractivity (Wildman–Crippen MR) is 55.7 cm³/mol. The molecule has 0 aromatic heterocycles. The lowest BCUT2D eigenvalue weighted by molar-refractivity contribution is 0.104. The highest BCUT2D eigenvalue weighted by Crippen LogP contribution is 2.11. The van der Waals surface area contributed by atoms with Gasteiger partial charge in [0.1, 0.15) is 0 Å². The van der Waals surface area contributed by atoms with Crippen LogP contribution in [0.15, 0.2) is 43.0 Å². The fraction of sp³-hybridized carbons (Fsp3) is 0.0833. The average Bonchev–Trinajstić information content (AvgIpc) is 2.18. The van der Waals surface area contributed by atoms with Crippen molar-refractivity contribution in [1.82, 2.24) is 0 Å². The Kier molecular flexibility index (Phi) is 3.21. The average molecular weight is 172 g/mol. The molecule has 0 fully saturated rings. The number of ketones is 1. The molecule has 1 aromatic rings. The lowest BCUT2D eigenvalue weighted by Crippen LogP contribution is -1.96.